The van der Waals surface area contributed by atoms with Gasteiger partial charge in [-0.1, -0.05) is 0 Å². The first-order valence-electron chi connectivity index (χ1n) is 15.2. The smallest absolute Gasteiger partial charge is 0.404 e. The van der Waals surface area contributed by atoms with Crippen LogP contribution in [-0.4, -0.2) is 132 Å². The van der Waals surface area contributed by atoms with Gasteiger partial charge in [0.15, 0.2) is 11.5 Å². The molecule has 1 aliphatic carbocycles. The number of nitrogens with two attached hydrogens (primary N) is 2. The Hall–Kier alpha value is -3.65. The zero-order valence-electron chi connectivity index (χ0n) is 26.4. The lowest BCUT2D eigenvalue weighted by atomic mass is 9.80. The first-order chi connectivity index (χ1) is 22.8. The number of aliphatic carboxylic acids is 1. The summed E-state index contributed by atoms with van der Waals surface area (Å²) in [4.78, 5) is 88.1. The fourth-order valence-corrected chi connectivity index (χ4v) is 7.35. The van der Waals surface area contributed by atoms with Crippen LogP contribution in [0.3, 0.4) is 0 Å². The fourth-order valence-electron chi connectivity index (χ4n) is 6.34. The Morgan fingerprint density at radius 3 is 2.56 bits per heavy atom. The van der Waals surface area contributed by atoms with Crippen molar-refractivity contribution in [1.82, 2.24) is 20.9 Å². The highest BCUT2D eigenvalue weighted by molar-refractivity contribution is 7.99. The van der Waals surface area contributed by atoms with Gasteiger partial charge in [0, 0.05) is 54.3 Å². The lowest BCUT2D eigenvalue weighted by Crippen LogP contribution is -2.55. The summed E-state index contributed by atoms with van der Waals surface area (Å²) in [5.74, 6) is -3.75. The molecule has 4 rings (SSSR count). The first kappa shape index (κ1) is 37.2. The maximum atomic E-state index is 13.9. The minimum Gasteiger partial charge on any atom is -0.480 e. The van der Waals surface area contributed by atoms with Crippen LogP contribution < -0.4 is 27.4 Å². The molecule has 264 valence electrons. The molecule has 4 aliphatic rings. The van der Waals surface area contributed by atoms with E-state index in [4.69, 9.17) is 30.8 Å². The van der Waals surface area contributed by atoms with Gasteiger partial charge in [-0.3, -0.25) is 28.8 Å². The molecule has 0 spiro atoms. The van der Waals surface area contributed by atoms with Gasteiger partial charge in [0.25, 0.3) is 0 Å². The van der Waals surface area contributed by atoms with Crippen LogP contribution in [-0.2, 0) is 43.0 Å². The highest BCUT2D eigenvalue weighted by atomic mass is 32.2. The normalized spacial score (nSPS) is 25.2. The Morgan fingerprint density at radius 1 is 1.19 bits per heavy atom. The number of primary amides is 1. The van der Waals surface area contributed by atoms with E-state index in [0.717, 1.165) is 0 Å². The van der Waals surface area contributed by atoms with E-state index in [1.165, 1.54) is 18.9 Å². The molecule has 2 fully saturated rings. The average molecular weight is 713 g/mol. The maximum absolute atomic E-state index is 13.9. The number of ether oxygens (including phenoxy) is 3. The molecule has 0 saturated carbocycles. The third-order valence-electron chi connectivity index (χ3n) is 8.78. The summed E-state index contributed by atoms with van der Waals surface area (Å²) in [6.45, 7) is 1.44. The lowest BCUT2D eigenvalue weighted by Gasteiger charge is -2.39. The second-order valence-corrected chi connectivity index (χ2v) is 13.2. The molecule has 0 aromatic heterocycles. The van der Waals surface area contributed by atoms with Crippen LogP contribution in [0.2, 0.25) is 0 Å². The molecule has 2 saturated heterocycles. The summed E-state index contributed by atoms with van der Waals surface area (Å²) in [5, 5.41) is 16.9. The van der Waals surface area contributed by atoms with Gasteiger partial charge < -0.3 is 51.6 Å². The van der Waals surface area contributed by atoms with Gasteiger partial charge in [-0.15, -0.1) is 0 Å². The second kappa shape index (κ2) is 15.7. The summed E-state index contributed by atoms with van der Waals surface area (Å²) in [6.07, 6.45) is -1.04. The number of carbonyl (C=O) groups is 7. The topological polar surface area (TPSA) is 269 Å². The van der Waals surface area contributed by atoms with Crippen molar-refractivity contribution in [2.24, 2.45) is 17.4 Å². The molecule has 0 aromatic carbocycles. The molecular formula is C29H40N6O11S2. The van der Waals surface area contributed by atoms with Crippen molar-refractivity contribution in [2.75, 3.05) is 50.7 Å². The van der Waals surface area contributed by atoms with E-state index in [1.807, 2.05) is 4.90 Å². The number of rotatable bonds is 18. The summed E-state index contributed by atoms with van der Waals surface area (Å²) in [7, 11) is 1.50. The van der Waals surface area contributed by atoms with E-state index in [2.05, 4.69) is 28.6 Å². The van der Waals surface area contributed by atoms with Crippen molar-refractivity contribution in [1.29, 1.82) is 0 Å². The number of amides is 3. The number of carbonyl (C=O) groups excluding carboxylic acids is 6. The van der Waals surface area contributed by atoms with Crippen LogP contribution in [0.1, 0.15) is 26.2 Å². The van der Waals surface area contributed by atoms with Gasteiger partial charge in [-0.25, -0.2) is 4.79 Å². The largest absolute Gasteiger partial charge is 0.480 e. The number of nitrogens with zero attached hydrogens (tertiary/aromatic N) is 1. The Kier molecular flexibility index (Phi) is 12.2. The zero-order chi connectivity index (χ0) is 35.3. The number of methoxy groups -OCH3 is 1. The predicted molar refractivity (Wildman–Crippen MR) is 172 cm³/mol. The number of thiol groups is 1. The Labute approximate surface area is 285 Å². The van der Waals surface area contributed by atoms with E-state index in [-0.39, 0.29) is 73.1 Å². The molecule has 0 aromatic rings. The molecule has 19 heteroatoms. The molecular weight excluding hydrogens is 672 g/mol. The van der Waals surface area contributed by atoms with Crippen molar-refractivity contribution in [3.8, 4) is 0 Å². The number of hydrogen-bond acceptors (Lipinski definition) is 15. The van der Waals surface area contributed by atoms with Crippen molar-refractivity contribution in [2.45, 2.75) is 56.1 Å². The molecule has 3 heterocycles. The summed E-state index contributed by atoms with van der Waals surface area (Å²) >= 11 is 5.43. The van der Waals surface area contributed by atoms with Crippen LogP contribution in [0.15, 0.2) is 22.4 Å². The van der Waals surface area contributed by atoms with Gasteiger partial charge in [-0.05, 0) is 25.5 Å². The molecule has 6 atom stereocenters. The van der Waals surface area contributed by atoms with E-state index < -0.39 is 60.1 Å². The first-order valence-corrected chi connectivity index (χ1v) is 17.0. The number of nitrogens with one attached hydrogen (secondary N) is 3. The van der Waals surface area contributed by atoms with Gasteiger partial charge >= 0.3 is 18.0 Å². The molecule has 3 amide bonds. The van der Waals surface area contributed by atoms with Crippen molar-refractivity contribution >= 4 is 65.8 Å². The standard InChI is InChI=1S/C29H40N6O11S2/c1-13-14(24(39)21-15(11-46-28(31)43)29(44-2)25-17(34-25)10-35(29)22(21)23(13)38)5-7-48-8-6-45-20(37)9-32-26(40)18(12-47)33-19(36)4-3-16(30)27(41)42/h15-18,25,34,47H,3-12,30H2,1-2H3,(H2,31,43)(H,32,40)(H,33,36)(H,41,42)/t15-,16+,17+,18+,25+,29-/m1/s1. The minimum absolute atomic E-state index is 0.0174. The number of carboxylic acids is 1. The minimum atomic E-state index is -1.24. The molecule has 0 bridgehead atoms. The van der Waals surface area contributed by atoms with Crippen LogP contribution in [0, 0.1) is 5.92 Å². The number of esters is 1. The monoisotopic (exact) mass is 712 g/mol. The van der Waals surface area contributed by atoms with Gasteiger partial charge in [-0.2, -0.15) is 24.4 Å². The number of fused-ring (bicyclic) bond motifs is 4. The van der Waals surface area contributed by atoms with Crippen LogP contribution >= 0.6 is 24.4 Å². The van der Waals surface area contributed by atoms with Crippen molar-refractivity contribution in [3.63, 3.8) is 0 Å². The number of Topliss-reactive ketones (excluding diaryl/α,β-unsaturated/α-hetero) is 2. The number of hydrogen-bond donors (Lipinski definition) is 7. The molecule has 3 aliphatic heterocycles. The van der Waals surface area contributed by atoms with Gasteiger partial charge in [0.05, 0.1) is 17.7 Å². The molecule has 48 heavy (non-hydrogen) atoms. The Morgan fingerprint density at radius 2 is 1.92 bits per heavy atom. The van der Waals surface area contributed by atoms with Gasteiger partial charge in [0.2, 0.25) is 17.6 Å². The number of ketones is 2. The van der Waals surface area contributed by atoms with Crippen LogP contribution in [0.5, 0.6) is 0 Å². The summed E-state index contributed by atoms with van der Waals surface area (Å²) < 4.78 is 16.3. The quantitative estimate of drug-likeness (QED) is 0.0262. The van der Waals surface area contributed by atoms with Crippen molar-refractivity contribution in [3.05, 3.63) is 22.4 Å². The zero-order valence-corrected chi connectivity index (χ0v) is 28.2. The number of piperazine rings is 1. The molecule has 0 unspecified atom stereocenters. The van der Waals surface area contributed by atoms with E-state index in [9.17, 15) is 33.6 Å². The lowest BCUT2D eigenvalue weighted by molar-refractivity contribution is -0.143. The SMILES string of the molecule is CO[C@@]12[C@H](COC(N)=O)C3=C(C(=O)C(C)=C(CCSCCOC(=O)CNC(=O)[C@H](CS)NC(=O)CC[C@H](N)C(=O)O)C3=O)N1C[C@@H]1N[C@@H]12. The third kappa shape index (κ3) is 7.64. The highest BCUT2D eigenvalue weighted by Gasteiger charge is 2.72. The number of carboxylic acid groups (broad SMARTS) is 1. The summed E-state index contributed by atoms with van der Waals surface area (Å²) in [6, 6.07) is -2.32. The van der Waals surface area contributed by atoms with E-state index >= 15 is 0 Å². The maximum Gasteiger partial charge on any atom is 0.404 e. The second-order valence-electron chi connectivity index (χ2n) is 11.6. The highest BCUT2D eigenvalue weighted by Crippen LogP contribution is 2.56. The van der Waals surface area contributed by atoms with Crippen molar-refractivity contribution < 1.29 is 52.9 Å². The Bertz CT molecular complexity index is 1440. The predicted octanol–water partition coefficient (Wildman–Crippen LogP) is -2.18. The van der Waals surface area contributed by atoms with E-state index in [0.29, 0.717) is 29.2 Å². The Balaban J connectivity index is 1.21. The number of thioether (sulfide) groups is 1. The third-order valence-corrected chi connectivity index (χ3v) is 10.1. The number of allylic oxidation sites excluding steroid dienone is 2. The van der Waals surface area contributed by atoms with Crippen LogP contribution in [0.4, 0.5) is 4.79 Å². The summed E-state index contributed by atoms with van der Waals surface area (Å²) in [5.41, 5.74) is 10.8. The van der Waals surface area contributed by atoms with Gasteiger partial charge in [0.1, 0.15) is 31.8 Å². The fraction of sp³-hybridized carbons (Fsp3) is 0.621. The molecule has 17 nitrogen and oxygen atoms in total. The van der Waals surface area contributed by atoms with Crippen LogP contribution in [0.25, 0.3) is 0 Å². The van der Waals surface area contributed by atoms with E-state index in [1.54, 1.807) is 6.92 Å². The molecule has 8 N–H and O–H groups in total. The average Bonchev–Trinajstić information content (AvgIpc) is 3.66. The molecule has 0 radical (unpaired) electrons.